The number of para-hydroxylation sites is 2. The maximum atomic E-state index is 6.78. The van der Waals surface area contributed by atoms with Gasteiger partial charge in [-0.3, -0.25) is 0 Å². The van der Waals surface area contributed by atoms with Crippen LogP contribution in [0.15, 0.2) is 349 Å². The van der Waals surface area contributed by atoms with Gasteiger partial charge < -0.3 is 18.6 Å². The lowest BCUT2D eigenvalue weighted by Crippen LogP contribution is -2.11. The maximum Gasteiger partial charge on any atom is 0.136 e. The fourth-order valence-corrected chi connectivity index (χ4v) is 14.2. The Balaban J connectivity index is 0.683. The smallest absolute Gasteiger partial charge is 0.136 e. The van der Waals surface area contributed by atoms with E-state index in [0.717, 1.165) is 106 Å². The first-order valence-corrected chi connectivity index (χ1v) is 31.4. The first-order chi connectivity index (χ1) is 45.6. The van der Waals surface area contributed by atoms with Crippen LogP contribution in [-0.2, 0) is 0 Å². The monoisotopic (exact) mass is 1170 g/mol. The fourth-order valence-electron chi connectivity index (χ4n) is 14.2. The summed E-state index contributed by atoms with van der Waals surface area (Å²) in [7, 11) is 0. The zero-order valence-corrected chi connectivity index (χ0v) is 50.0. The zero-order chi connectivity index (χ0) is 60.6. The van der Waals surface area contributed by atoms with Crippen LogP contribution in [0.5, 0.6) is 0 Å². The Kier molecular flexibility index (Phi) is 12.5. The number of hydrogen-bond acceptors (Lipinski definition) is 4. The summed E-state index contributed by atoms with van der Waals surface area (Å²) in [6.07, 6.45) is 0. The van der Waals surface area contributed by atoms with Gasteiger partial charge in [-0.15, -0.1) is 0 Å². The topological polar surface area (TPSA) is 32.8 Å². The second-order valence-electron chi connectivity index (χ2n) is 23.9. The quantitative estimate of drug-likeness (QED) is 0.121. The number of anilines is 6. The summed E-state index contributed by atoms with van der Waals surface area (Å²) in [6, 6.07) is 123. The molecule has 18 aromatic rings. The SMILES string of the molecule is c1ccc(-c2ccc(N(c3ccc(-c4cccc5c4ccc4ccccc45)cc3)c3ccc4oc5cc(-c6ccc7ccc8c(-c9ccc(N(c%10ccc%11oc%12ccccc%12c%11c%10)c%10ccccc%10-c%10ccccc%10)cc9)cccc8c7c6)ccc5c4c3)cc2)cc1. The molecule has 16 aromatic carbocycles. The highest BCUT2D eigenvalue weighted by Gasteiger charge is 2.22. The molecule has 430 valence electrons. The molecule has 0 unspecified atom stereocenters. The van der Waals surface area contributed by atoms with Crippen LogP contribution in [0.2, 0.25) is 0 Å². The van der Waals surface area contributed by atoms with Gasteiger partial charge >= 0.3 is 0 Å². The predicted octanol–water partition coefficient (Wildman–Crippen LogP) is 25.4. The summed E-state index contributed by atoms with van der Waals surface area (Å²) in [5, 5.41) is 14.1. The molecule has 4 nitrogen and oxygen atoms in total. The maximum absolute atomic E-state index is 6.78. The van der Waals surface area contributed by atoms with Crippen molar-refractivity contribution in [2.24, 2.45) is 0 Å². The number of hydrogen-bond donors (Lipinski definition) is 0. The molecule has 0 aliphatic heterocycles. The first-order valence-electron chi connectivity index (χ1n) is 31.4. The number of benzene rings is 16. The lowest BCUT2D eigenvalue weighted by Gasteiger charge is -2.28. The van der Waals surface area contributed by atoms with Crippen LogP contribution in [0.3, 0.4) is 0 Å². The van der Waals surface area contributed by atoms with E-state index in [0.29, 0.717) is 0 Å². The number of nitrogens with zero attached hydrogens (tertiary/aromatic N) is 2. The molecule has 0 amide bonds. The molecule has 4 heteroatoms. The molecule has 0 spiro atoms. The summed E-state index contributed by atoms with van der Waals surface area (Å²) in [5.74, 6) is 0. The minimum Gasteiger partial charge on any atom is -0.456 e. The van der Waals surface area contributed by atoms with Crippen molar-refractivity contribution in [3.8, 4) is 55.6 Å². The van der Waals surface area contributed by atoms with E-state index in [9.17, 15) is 0 Å². The van der Waals surface area contributed by atoms with E-state index in [1.165, 1.54) is 70.9 Å². The molecule has 0 atom stereocenters. The Hall–Kier alpha value is -12.2. The fraction of sp³-hybridized carbons (Fsp3) is 0. The molecule has 0 saturated heterocycles. The van der Waals surface area contributed by atoms with E-state index >= 15 is 0 Å². The molecule has 0 bridgehead atoms. The Morgan fingerprint density at radius 3 is 1.25 bits per heavy atom. The highest BCUT2D eigenvalue weighted by molar-refractivity contribution is 6.15. The third-order valence-electron chi connectivity index (χ3n) is 18.7. The van der Waals surface area contributed by atoms with Gasteiger partial charge in [-0.05, 0) is 196 Å². The van der Waals surface area contributed by atoms with Crippen molar-refractivity contribution in [2.45, 2.75) is 0 Å². The molecule has 2 heterocycles. The number of fused-ring (bicyclic) bond motifs is 12. The van der Waals surface area contributed by atoms with Crippen LogP contribution >= 0.6 is 0 Å². The molecule has 18 rings (SSSR count). The third-order valence-corrected chi connectivity index (χ3v) is 18.7. The van der Waals surface area contributed by atoms with Gasteiger partial charge in [0.1, 0.15) is 22.3 Å². The molecular formula is C88H56N2O2. The second kappa shape index (κ2) is 21.8. The Bertz CT molecular complexity index is 5870. The predicted molar refractivity (Wildman–Crippen MR) is 388 cm³/mol. The first kappa shape index (κ1) is 52.8. The lowest BCUT2D eigenvalue weighted by molar-refractivity contribution is 0.668. The van der Waals surface area contributed by atoms with E-state index in [1.54, 1.807) is 0 Å². The van der Waals surface area contributed by atoms with Crippen LogP contribution < -0.4 is 9.80 Å². The van der Waals surface area contributed by atoms with E-state index in [1.807, 2.05) is 12.1 Å². The number of rotatable bonds is 11. The second-order valence-corrected chi connectivity index (χ2v) is 23.9. The van der Waals surface area contributed by atoms with Crippen LogP contribution in [0.25, 0.3) is 143 Å². The van der Waals surface area contributed by atoms with E-state index in [2.05, 4.69) is 337 Å². The highest BCUT2D eigenvalue weighted by Crippen LogP contribution is 2.46. The summed E-state index contributed by atoms with van der Waals surface area (Å²) in [6.45, 7) is 0. The number of furan rings is 2. The molecule has 2 aromatic heterocycles. The van der Waals surface area contributed by atoms with Crippen molar-refractivity contribution < 1.29 is 8.83 Å². The molecule has 0 fully saturated rings. The van der Waals surface area contributed by atoms with Crippen LogP contribution in [-0.4, -0.2) is 0 Å². The van der Waals surface area contributed by atoms with Gasteiger partial charge in [-0.2, -0.15) is 0 Å². The van der Waals surface area contributed by atoms with Gasteiger partial charge in [0.05, 0.1) is 5.69 Å². The zero-order valence-electron chi connectivity index (χ0n) is 50.0. The van der Waals surface area contributed by atoms with Crippen LogP contribution in [0.4, 0.5) is 34.1 Å². The van der Waals surface area contributed by atoms with Gasteiger partial charge in [0.25, 0.3) is 0 Å². The van der Waals surface area contributed by atoms with Gasteiger partial charge in [-0.1, -0.05) is 237 Å². The standard InChI is InChI=1S/C88H56N2O2/c1-3-15-57(16-4-1)58-31-40-66(41-32-58)89(67-42-33-61(34-43-67)72-23-13-25-75-71-20-8-7-19-60(71)37-48-77(72)75)69-46-51-87-83(55-69)80-50-39-65(54-88(80)92-87)64-30-29-63-38-49-78-73(24-14-26-76(78)81(63)53-64)62-35-44-68(45-36-62)90(84-27-11-9-21-74(84)59-17-5-2-6-18-59)70-47-52-86-82(56-70)79-22-10-12-28-85(79)91-86/h1-56H. The molecule has 0 saturated carbocycles. The van der Waals surface area contributed by atoms with E-state index < -0.39 is 0 Å². The minimum atomic E-state index is 0.846. The average Bonchev–Trinajstić information content (AvgIpc) is 1.53. The van der Waals surface area contributed by atoms with Crippen molar-refractivity contribution in [3.05, 3.63) is 340 Å². The van der Waals surface area contributed by atoms with Crippen molar-refractivity contribution >= 4 is 121 Å². The molecular weight excluding hydrogens is 1120 g/mol. The van der Waals surface area contributed by atoms with Crippen molar-refractivity contribution in [2.75, 3.05) is 9.80 Å². The highest BCUT2D eigenvalue weighted by atomic mass is 16.3. The lowest BCUT2D eigenvalue weighted by atomic mass is 9.92. The summed E-state index contributed by atoms with van der Waals surface area (Å²) >= 11 is 0. The Labute approximate surface area is 532 Å². The van der Waals surface area contributed by atoms with Crippen molar-refractivity contribution in [3.63, 3.8) is 0 Å². The summed E-state index contributed by atoms with van der Waals surface area (Å²) in [4.78, 5) is 4.73. The van der Waals surface area contributed by atoms with E-state index in [-0.39, 0.29) is 0 Å². The van der Waals surface area contributed by atoms with Crippen molar-refractivity contribution in [1.29, 1.82) is 0 Å². The molecule has 0 radical (unpaired) electrons. The normalized spacial score (nSPS) is 11.7. The summed E-state index contributed by atoms with van der Waals surface area (Å²) in [5.41, 5.74) is 21.4. The van der Waals surface area contributed by atoms with Gasteiger partial charge in [0.2, 0.25) is 0 Å². The minimum absolute atomic E-state index is 0.846. The molecule has 0 aliphatic rings. The van der Waals surface area contributed by atoms with Gasteiger partial charge in [-0.25, -0.2) is 0 Å². The Morgan fingerprint density at radius 1 is 0.174 bits per heavy atom. The average molecular weight is 1170 g/mol. The Morgan fingerprint density at radius 2 is 0.576 bits per heavy atom. The van der Waals surface area contributed by atoms with Gasteiger partial charge in [0, 0.05) is 55.5 Å². The molecule has 0 N–H and O–H groups in total. The van der Waals surface area contributed by atoms with Crippen molar-refractivity contribution in [1.82, 2.24) is 0 Å². The van der Waals surface area contributed by atoms with Crippen LogP contribution in [0, 0.1) is 0 Å². The van der Waals surface area contributed by atoms with Crippen LogP contribution in [0.1, 0.15) is 0 Å². The molecule has 92 heavy (non-hydrogen) atoms. The molecule has 0 aliphatic carbocycles. The summed E-state index contributed by atoms with van der Waals surface area (Å²) < 4.78 is 13.1. The largest absolute Gasteiger partial charge is 0.456 e. The third kappa shape index (κ3) is 9.07. The van der Waals surface area contributed by atoms with Gasteiger partial charge in [0.15, 0.2) is 0 Å². The van der Waals surface area contributed by atoms with E-state index in [4.69, 9.17) is 8.83 Å².